The lowest BCUT2D eigenvalue weighted by atomic mass is 10.2. The third-order valence-corrected chi connectivity index (χ3v) is 1.94. The van der Waals surface area contributed by atoms with Crippen molar-refractivity contribution in [3.63, 3.8) is 0 Å². The standard InChI is InChI=1S/C6H11ClO2S/c1-5(4-10-2)3-9-6(7)8/h5H,3-4H2,1-2H3. The average Bonchev–Trinajstić information content (AvgIpc) is 1.85. The van der Waals surface area contributed by atoms with Gasteiger partial charge in [0, 0.05) is 11.6 Å². The summed E-state index contributed by atoms with van der Waals surface area (Å²) in [6.45, 7) is 2.43. The van der Waals surface area contributed by atoms with E-state index in [0.717, 1.165) is 5.75 Å². The molecule has 0 N–H and O–H groups in total. The highest BCUT2D eigenvalue weighted by Crippen LogP contribution is 2.05. The van der Waals surface area contributed by atoms with E-state index in [2.05, 4.69) is 4.74 Å². The molecule has 0 amide bonds. The van der Waals surface area contributed by atoms with Gasteiger partial charge in [-0.2, -0.15) is 11.8 Å². The molecule has 10 heavy (non-hydrogen) atoms. The molecule has 0 aromatic carbocycles. The van der Waals surface area contributed by atoms with Gasteiger partial charge < -0.3 is 4.74 Å². The molecule has 0 rings (SSSR count). The van der Waals surface area contributed by atoms with Crippen LogP contribution in [0.2, 0.25) is 0 Å². The summed E-state index contributed by atoms with van der Waals surface area (Å²) < 4.78 is 4.57. The maximum atomic E-state index is 10.1. The molecule has 0 aliphatic rings. The van der Waals surface area contributed by atoms with Gasteiger partial charge in [0.2, 0.25) is 0 Å². The van der Waals surface area contributed by atoms with Crippen LogP contribution in [0.1, 0.15) is 6.92 Å². The first-order valence-electron chi connectivity index (χ1n) is 2.98. The van der Waals surface area contributed by atoms with E-state index >= 15 is 0 Å². The minimum absolute atomic E-state index is 0.387. The molecule has 60 valence electrons. The van der Waals surface area contributed by atoms with Crippen LogP contribution in [-0.2, 0) is 4.74 Å². The average molecular weight is 183 g/mol. The molecule has 0 aliphatic heterocycles. The molecule has 0 spiro atoms. The Hall–Kier alpha value is 0.110. The maximum absolute atomic E-state index is 10.1. The predicted octanol–water partition coefficient (Wildman–Crippen LogP) is 2.36. The Kier molecular flexibility index (Phi) is 5.93. The summed E-state index contributed by atoms with van der Waals surface area (Å²) in [4.78, 5) is 10.1. The van der Waals surface area contributed by atoms with Gasteiger partial charge in [0.1, 0.15) is 0 Å². The third-order valence-electron chi connectivity index (χ3n) is 0.933. The van der Waals surface area contributed by atoms with Gasteiger partial charge in [-0.3, -0.25) is 0 Å². The number of carbonyl (C=O) groups is 1. The van der Waals surface area contributed by atoms with Crippen LogP contribution in [0.5, 0.6) is 0 Å². The fourth-order valence-electron chi connectivity index (χ4n) is 0.540. The Labute approximate surface area is 70.3 Å². The van der Waals surface area contributed by atoms with Crippen LogP contribution in [0, 0.1) is 5.92 Å². The van der Waals surface area contributed by atoms with E-state index in [4.69, 9.17) is 11.6 Å². The first-order valence-corrected chi connectivity index (χ1v) is 4.75. The molecular formula is C6H11ClO2S. The van der Waals surface area contributed by atoms with E-state index in [-0.39, 0.29) is 0 Å². The summed E-state index contributed by atoms with van der Waals surface area (Å²) in [6.07, 6.45) is 2.01. The van der Waals surface area contributed by atoms with Crippen molar-refractivity contribution in [1.29, 1.82) is 0 Å². The highest BCUT2D eigenvalue weighted by atomic mass is 35.5. The molecule has 0 aromatic rings. The topological polar surface area (TPSA) is 26.3 Å². The Bertz CT molecular complexity index is 108. The number of ether oxygens (including phenoxy) is 1. The number of halogens is 1. The molecule has 0 heterocycles. The van der Waals surface area contributed by atoms with Crippen molar-refractivity contribution >= 4 is 28.8 Å². The van der Waals surface area contributed by atoms with Crippen molar-refractivity contribution in [2.75, 3.05) is 18.6 Å². The van der Waals surface area contributed by atoms with Crippen molar-refractivity contribution in [2.45, 2.75) is 6.92 Å². The van der Waals surface area contributed by atoms with Crippen molar-refractivity contribution in [3.05, 3.63) is 0 Å². The Morgan fingerprint density at radius 1 is 1.80 bits per heavy atom. The highest BCUT2D eigenvalue weighted by Gasteiger charge is 2.03. The van der Waals surface area contributed by atoms with Gasteiger partial charge in [-0.05, 0) is 17.9 Å². The second-order valence-corrected chi connectivity index (χ2v) is 3.33. The lowest BCUT2D eigenvalue weighted by Crippen LogP contribution is -2.09. The zero-order chi connectivity index (χ0) is 7.98. The van der Waals surface area contributed by atoms with E-state index in [0.29, 0.717) is 12.5 Å². The maximum Gasteiger partial charge on any atom is 0.403 e. The number of carbonyl (C=O) groups excluding carboxylic acids is 1. The summed E-state index contributed by atoms with van der Waals surface area (Å²) in [5, 5.41) is 0. The summed E-state index contributed by atoms with van der Waals surface area (Å²) >= 11 is 6.68. The molecule has 0 radical (unpaired) electrons. The van der Waals surface area contributed by atoms with Gasteiger partial charge in [0.25, 0.3) is 0 Å². The van der Waals surface area contributed by atoms with Crippen LogP contribution in [0.15, 0.2) is 0 Å². The molecule has 0 saturated heterocycles. The van der Waals surface area contributed by atoms with Gasteiger partial charge in [0.05, 0.1) is 6.61 Å². The van der Waals surface area contributed by atoms with Gasteiger partial charge in [0.15, 0.2) is 0 Å². The van der Waals surface area contributed by atoms with Crippen molar-refractivity contribution < 1.29 is 9.53 Å². The second-order valence-electron chi connectivity index (χ2n) is 2.11. The zero-order valence-corrected chi connectivity index (χ0v) is 7.67. The quantitative estimate of drug-likeness (QED) is 0.625. The Balaban J connectivity index is 3.21. The second kappa shape index (κ2) is 5.86. The summed E-state index contributed by atoms with van der Waals surface area (Å²) in [5.41, 5.74) is -0.715. The van der Waals surface area contributed by atoms with Crippen LogP contribution in [0.3, 0.4) is 0 Å². The number of rotatable bonds is 4. The molecule has 1 unspecified atom stereocenters. The molecule has 4 heteroatoms. The van der Waals surface area contributed by atoms with Crippen molar-refractivity contribution in [2.24, 2.45) is 5.92 Å². The predicted molar refractivity (Wildman–Crippen MR) is 44.7 cm³/mol. The normalized spacial score (nSPS) is 12.7. The van der Waals surface area contributed by atoms with Gasteiger partial charge in [-0.1, -0.05) is 6.92 Å². The van der Waals surface area contributed by atoms with Gasteiger partial charge in [-0.25, -0.2) is 4.79 Å². The van der Waals surface area contributed by atoms with E-state index in [1.807, 2.05) is 13.2 Å². The number of thioether (sulfide) groups is 1. The van der Waals surface area contributed by atoms with Gasteiger partial charge in [-0.15, -0.1) is 0 Å². The van der Waals surface area contributed by atoms with E-state index in [1.54, 1.807) is 11.8 Å². The summed E-state index contributed by atoms with van der Waals surface area (Å²) in [5.74, 6) is 1.38. The third kappa shape index (κ3) is 6.23. The molecule has 1 atom stereocenters. The molecule has 0 fully saturated rings. The molecular weight excluding hydrogens is 172 g/mol. The first kappa shape index (κ1) is 10.1. The summed E-state index contributed by atoms with van der Waals surface area (Å²) in [7, 11) is 0. The molecule has 0 aliphatic carbocycles. The van der Waals surface area contributed by atoms with Crippen LogP contribution < -0.4 is 0 Å². The lowest BCUT2D eigenvalue weighted by molar-refractivity contribution is 0.160. The fourth-order valence-corrected chi connectivity index (χ4v) is 1.27. The smallest absolute Gasteiger partial charge is 0.403 e. The van der Waals surface area contributed by atoms with Crippen LogP contribution in [0.4, 0.5) is 4.79 Å². The van der Waals surface area contributed by atoms with Crippen molar-refractivity contribution in [1.82, 2.24) is 0 Å². The SMILES string of the molecule is CSCC(C)COC(=O)Cl. The zero-order valence-electron chi connectivity index (χ0n) is 6.09. The summed E-state index contributed by atoms with van der Waals surface area (Å²) in [6, 6.07) is 0. The highest BCUT2D eigenvalue weighted by molar-refractivity contribution is 7.98. The fraction of sp³-hybridized carbons (Fsp3) is 0.833. The van der Waals surface area contributed by atoms with Gasteiger partial charge >= 0.3 is 5.43 Å². The van der Waals surface area contributed by atoms with E-state index in [9.17, 15) is 4.79 Å². The minimum Gasteiger partial charge on any atom is -0.453 e. The molecule has 0 saturated carbocycles. The first-order chi connectivity index (χ1) is 4.66. The molecule has 0 bridgehead atoms. The molecule has 0 aromatic heterocycles. The number of hydrogen-bond donors (Lipinski definition) is 0. The Morgan fingerprint density at radius 3 is 2.80 bits per heavy atom. The lowest BCUT2D eigenvalue weighted by Gasteiger charge is -2.07. The molecule has 2 nitrogen and oxygen atoms in total. The van der Waals surface area contributed by atoms with Crippen LogP contribution in [-0.4, -0.2) is 24.0 Å². The van der Waals surface area contributed by atoms with Crippen LogP contribution >= 0.6 is 23.4 Å². The van der Waals surface area contributed by atoms with Crippen LogP contribution in [0.25, 0.3) is 0 Å². The van der Waals surface area contributed by atoms with E-state index < -0.39 is 5.43 Å². The Morgan fingerprint density at radius 2 is 2.40 bits per heavy atom. The largest absolute Gasteiger partial charge is 0.453 e. The minimum atomic E-state index is -0.715. The van der Waals surface area contributed by atoms with Crippen molar-refractivity contribution in [3.8, 4) is 0 Å². The van der Waals surface area contributed by atoms with E-state index in [1.165, 1.54) is 0 Å². The monoisotopic (exact) mass is 182 g/mol. The number of hydrogen-bond acceptors (Lipinski definition) is 3.